The molecule has 0 aliphatic rings. The second-order valence-electron chi connectivity index (χ2n) is 3.91. The predicted octanol–water partition coefficient (Wildman–Crippen LogP) is 2.95. The molecule has 0 fully saturated rings. The maximum Gasteiger partial charge on any atom is 0.338 e. The first-order valence-corrected chi connectivity index (χ1v) is 6.74. The average Bonchev–Trinajstić information content (AvgIpc) is 2.38. The maximum atomic E-state index is 12.0. The lowest BCUT2D eigenvalue weighted by atomic mass is 9.96. The van der Waals surface area contributed by atoms with E-state index < -0.39 is 10.8 Å². The van der Waals surface area contributed by atoms with Crippen LogP contribution in [-0.4, -0.2) is 18.4 Å². The lowest BCUT2D eigenvalue weighted by Crippen LogP contribution is -2.14. The second-order valence-corrected chi connectivity index (χ2v) is 4.83. The van der Waals surface area contributed by atoms with Crippen molar-refractivity contribution in [1.82, 2.24) is 0 Å². The Bertz CT molecular complexity index is 534. The molecule has 4 nitrogen and oxygen atoms in total. The minimum absolute atomic E-state index is 0.0968. The van der Waals surface area contributed by atoms with Gasteiger partial charge in [-0.05, 0) is 25.0 Å². The zero-order chi connectivity index (χ0) is 14.4. The summed E-state index contributed by atoms with van der Waals surface area (Å²) in [7, 11) is 0. The molecular formula is C14H14BrNO3. The normalized spacial score (nSPS) is 11.5. The van der Waals surface area contributed by atoms with Crippen molar-refractivity contribution >= 4 is 27.7 Å². The molecule has 1 unspecified atom stereocenters. The lowest BCUT2D eigenvalue weighted by Gasteiger charge is -2.15. The number of halogens is 1. The van der Waals surface area contributed by atoms with Gasteiger partial charge in [0.25, 0.3) is 0 Å². The number of carbonyl (C=O) groups is 2. The number of esters is 1. The van der Waals surface area contributed by atoms with Gasteiger partial charge in [-0.15, -0.1) is 0 Å². The molecule has 1 aromatic carbocycles. The van der Waals surface area contributed by atoms with Gasteiger partial charge in [-0.2, -0.15) is 5.26 Å². The van der Waals surface area contributed by atoms with Gasteiger partial charge in [0.1, 0.15) is 5.78 Å². The number of ether oxygens (including phenoxy) is 1. The second kappa shape index (κ2) is 7.05. The van der Waals surface area contributed by atoms with Gasteiger partial charge in [-0.3, -0.25) is 4.79 Å². The first-order valence-electron chi connectivity index (χ1n) is 5.83. The van der Waals surface area contributed by atoms with Gasteiger partial charge in [-0.25, -0.2) is 4.79 Å². The molecule has 1 aromatic rings. The highest BCUT2D eigenvalue weighted by atomic mass is 79.9. The summed E-state index contributed by atoms with van der Waals surface area (Å²) in [5.41, 5.74) is 1.42. The molecule has 19 heavy (non-hydrogen) atoms. The van der Waals surface area contributed by atoms with Crippen molar-refractivity contribution in [1.29, 1.82) is 5.26 Å². The van der Waals surface area contributed by atoms with Crippen LogP contribution in [-0.2, 0) is 16.0 Å². The summed E-state index contributed by atoms with van der Waals surface area (Å²) < 4.78 is 5.01. The van der Waals surface area contributed by atoms with Crippen molar-refractivity contribution < 1.29 is 14.3 Å². The highest BCUT2D eigenvalue weighted by molar-refractivity contribution is 9.09. The zero-order valence-corrected chi connectivity index (χ0v) is 12.4. The Balaban J connectivity index is 3.38. The van der Waals surface area contributed by atoms with E-state index >= 15 is 0 Å². The molecule has 5 heteroatoms. The smallest absolute Gasteiger partial charge is 0.338 e. The zero-order valence-electron chi connectivity index (χ0n) is 10.8. The van der Waals surface area contributed by atoms with Crippen LogP contribution in [0, 0.1) is 11.3 Å². The van der Waals surface area contributed by atoms with Crippen molar-refractivity contribution in [3.05, 3.63) is 34.9 Å². The first-order chi connectivity index (χ1) is 9.02. The Hall–Kier alpha value is -1.67. The molecule has 0 saturated carbocycles. The van der Waals surface area contributed by atoms with E-state index in [2.05, 4.69) is 15.9 Å². The van der Waals surface area contributed by atoms with E-state index in [-0.39, 0.29) is 18.8 Å². The molecule has 0 aromatic heterocycles. The van der Waals surface area contributed by atoms with E-state index in [1.165, 1.54) is 6.92 Å². The number of hydrogen-bond acceptors (Lipinski definition) is 4. The summed E-state index contributed by atoms with van der Waals surface area (Å²) in [6.45, 7) is 3.39. The molecule has 0 amide bonds. The SMILES string of the molecule is CCOC(=O)c1c(CC#N)cccc1C(Br)C(C)=O. The number of alkyl halides is 1. The largest absolute Gasteiger partial charge is 0.462 e. The van der Waals surface area contributed by atoms with Gasteiger partial charge < -0.3 is 4.74 Å². The van der Waals surface area contributed by atoms with E-state index in [9.17, 15) is 9.59 Å². The number of carbonyl (C=O) groups excluding carboxylic acids is 2. The summed E-state index contributed by atoms with van der Waals surface area (Å²) in [4.78, 5) is 22.9. The predicted molar refractivity (Wildman–Crippen MR) is 74.1 cm³/mol. The quantitative estimate of drug-likeness (QED) is 0.617. The van der Waals surface area contributed by atoms with Gasteiger partial charge in [0.15, 0.2) is 0 Å². The number of benzene rings is 1. The fourth-order valence-corrected chi connectivity index (χ4v) is 2.12. The van der Waals surface area contributed by atoms with Crippen LogP contribution in [0.25, 0.3) is 0 Å². The van der Waals surface area contributed by atoms with Crippen molar-refractivity contribution in [3.8, 4) is 6.07 Å². The molecule has 0 saturated heterocycles. The molecule has 0 bridgehead atoms. The van der Waals surface area contributed by atoms with Crippen molar-refractivity contribution in [2.75, 3.05) is 6.61 Å². The summed E-state index contributed by atoms with van der Waals surface area (Å²) in [5, 5.41) is 8.81. The minimum Gasteiger partial charge on any atom is -0.462 e. The molecule has 1 rings (SSSR count). The first kappa shape index (κ1) is 15.4. The Kier molecular flexibility index (Phi) is 5.71. The van der Waals surface area contributed by atoms with E-state index in [0.29, 0.717) is 16.7 Å². The van der Waals surface area contributed by atoms with Crippen LogP contribution in [0.15, 0.2) is 18.2 Å². The van der Waals surface area contributed by atoms with Gasteiger partial charge in [0, 0.05) is 0 Å². The molecule has 0 spiro atoms. The third kappa shape index (κ3) is 3.65. The molecule has 0 aliphatic heterocycles. The monoisotopic (exact) mass is 323 g/mol. The number of ketones is 1. The van der Waals surface area contributed by atoms with Crippen molar-refractivity contribution in [2.24, 2.45) is 0 Å². The third-order valence-corrected chi connectivity index (χ3v) is 3.70. The van der Waals surface area contributed by atoms with Gasteiger partial charge in [0.2, 0.25) is 0 Å². The van der Waals surface area contributed by atoms with Crippen LogP contribution >= 0.6 is 15.9 Å². The van der Waals surface area contributed by atoms with Crippen LogP contribution in [0.3, 0.4) is 0 Å². The van der Waals surface area contributed by atoms with Gasteiger partial charge >= 0.3 is 5.97 Å². The Morgan fingerprint density at radius 1 is 1.47 bits per heavy atom. The van der Waals surface area contributed by atoms with Crippen molar-refractivity contribution in [2.45, 2.75) is 25.1 Å². The van der Waals surface area contributed by atoms with E-state index in [1.54, 1.807) is 25.1 Å². The number of rotatable bonds is 5. The molecule has 0 heterocycles. The highest BCUT2D eigenvalue weighted by Crippen LogP contribution is 2.29. The summed E-state index contributed by atoms with van der Waals surface area (Å²) in [5.74, 6) is -0.617. The summed E-state index contributed by atoms with van der Waals surface area (Å²) in [6, 6.07) is 7.11. The van der Waals surface area contributed by atoms with Crippen molar-refractivity contribution in [3.63, 3.8) is 0 Å². The van der Waals surface area contributed by atoms with E-state index in [4.69, 9.17) is 10.00 Å². The van der Waals surface area contributed by atoms with Gasteiger partial charge in [0.05, 0.1) is 29.5 Å². The molecule has 0 aliphatic carbocycles. The maximum absolute atomic E-state index is 12.0. The third-order valence-electron chi connectivity index (χ3n) is 2.56. The number of nitriles is 1. The van der Waals surface area contributed by atoms with Crippen LogP contribution in [0.2, 0.25) is 0 Å². The standard InChI is InChI=1S/C14H14BrNO3/c1-3-19-14(18)12-10(7-8-16)5-4-6-11(12)13(15)9(2)17/h4-6,13H,3,7H2,1-2H3. The van der Waals surface area contributed by atoms with Crippen LogP contribution < -0.4 is 0 Å². The van der Waals surface area contributed by atoms with Crippen LogP contribution in [0.5, 0.6) is 0 Å². The summed E-state index contributed by atoms with van der Waals surface area (Å²) >= 11 is 3.27. The van der Waals surface area contributed by atoms with E-state index in [0.717, 1.165) is 0 Å². The number of Topliss-reactive ketones (excluding diaryl/α,β-unsaturated/α-hetero) is 1. The summed E-state index contributed by atoms with van der Waals surface area (Å²) in [6.07, 6.45) is 0.0968. The Morgan fingerprint density at radius 3 is 2.68 bits per heavy atom. The minimum atomic E-state index is -0.578. The molecular weight excluding hydrogens is 310 g/mol. The lowest BCUT2D eigenvalue weighted by molar-refractivity contribution is -0.116. The molecule has 1 atom stereocenters. The highest BCUT2D eigenvalue weighted by Gasteiger charge is 2.23. The topological polar surface area (TPSA) is 67.2 Å². The van der Waals surface area contributed by atoms with Gasteiger partial charge in [-0.1, -0.05) is 34.1 Å². The fraction of sp³-hybridized carbons (Fsp3) is 0.357. The molecule has 100 valence electrons. The number of hydrogen-bond donors (Lipinski definition) is 0. The Morgan fingerprint density at radius 2 is 2.16 bits per heavy atom. The molecule has 0 radical (unpaired) electrons. The average molecular weight is 324 g/mol. The van der Waals surface area contributed by atoms with E-state index in [1.807, 2.05) is 6.07 Å². The van der Waals surface area contributed by atoms with Crippen LogP contribution in [0.4, 0.5) is 0 Å². The Labute approximate surface area is 120 Å². The fourth-order valence-electron chi connectivity index (χ4n) is 1.73. The van der Waals surface area contributed by atoms with Crippen LogP contribution in [0.1, 0.15) is 40.2 Å². The molecule has 0 N–H and O–H groups in total. The number of nitrogens with zero attached hydrogens (tertiary/aromatic N) is 1.